The first-order chi connectivity index (χ1) is 13.7. The SMILES string of the molecule is CCOC(=O)c1ccc(NC(=O)c2cncc(NC3CCCCCC3)c2)cc1. The number of hydrogen-bond acceptors (Lipinski definition) is 5. The quantitative estimate of drug-likeness (QED) is 0.562. The number of aromatic nitrogens is 1. The van der Waals surface area contributed by atoms with Crippen molar-refractivity contribution in [2.75, 3.05) is 17.2 Å². The number of nitrogens with one attached hydrogen (secondary N) is 2. The third kappa shape index (κ3) is 5.55. The zero-order valence-corrected chi connectivity index (χ0v) is 16.2. The minimum atomic E-state index is -0.373. The Balaban J connectivity index is 1.61. The Morgan fingerprint density at radius 1 is 1.00 bits per heavy atom. The number of hydrogen-bond donors (Lipinski definition) is 2. The molecule has 0 unspecified atom stereocenters. The molecule has 28 heavy (non-hydrogen) atoms. The van der Waals surface area contributed by atoms with E-state index in [0.717, 1.165) is 18.5 Å². The topological polar surface area (TPSA) is 80.3 Å². The lowest BCUT2D eigenvalue weighted by Crippen LogP contribution is -2.19. The smallest absolute Gasteiger partial charge is 0.338 e. The highest BCUT2D eigenvalue weighted by Crippen LogP contribution is 2.21. The molecule has 0 spiro atoms. The molecule has 6 heteroatoms. The summed E-state index contributed by atoms with van der Waals surface area (Å²) in [6.07, 6.45) is 10.7. The van der Waals surface area contributed by atoms with Crippen LogP contribution in [0.5, 0.6) is 0 Å². The van der Waals surface area contributed by atoms with Gasteiger partial charge >= 0.3 is 5.97 Å². The molecule has 1 fully saturated rings. The molecule has 148 valence electrons. The molecule has 2 aromatic rings. The first-order valence-corrected chi connectivity index (χ1v) is 9.96. The van der Waals surface area contributed by atoms with Crippen molar-refractivity contribution in [1.82, 2.24) is 4.98 Å². The maximum atomic E-state index is 12.6. The molecule has 3 rings (SSSR count). The number of nitrogens with zero attached hydrogens (tertiary/aromatic N) is 1. The van der Waals surface area contributed by atoms with Crippen LogP contribution >= 0.6 is 0 Å². The number of benzene rings is 1. The van der Waals surface area contributed by atoms with E-state index in [1.165, 1.54) is 25.7 Å². The molecule has 0 radical (unpaired) electrons. The van der Waals surface area contributed by atoms with Crippen molar-refractivity contribution in [2.24, 2.45) is 0 Å². The molecule has 2 N–H and O–H groups in total. The van der Waals surface area contributed by atoms with Gasteiger partial charge in [-0.3, -0.25) is 9.78 Å². The number of rotatable bonds is 6. The van der Waals surface area contributed by atoms with E-state index in [-0.39, 0.29) is 11.9 Å². The first-order valence-electron chi connectivity index (χ1n) is 9.96. The lowest BCUT2D eigenvalue weighted by molar-refractivity contribution is 0.0526. The van der Waals surface area contributed by atoms with Gasteiger partial charge in [0.15, 0.2) is 0 Å². The predicted octanol–water partition coefficient (Wildman–Crippen LogP) is 4.65. The second-order valence-electron chi connectivity index (χ2n) is 7.05. The van der Waals surface area contributed by atoms with Crippen LogP contribution in [0.15, 0.2) is 42.7 Å². The molecule has 0 aliphatic heterocycles. The third-order valence-electron chi connectivity index (χ3n) is 4.88. The van der Waals surface area contributed by atoms with Gasteiger partial charge < -0.3 is 15.4 Å². The molecule has 0 bridgehead atoms. The predicted molar refractivity (Wildman–Crippen MR) is 110 cm³/mol. The Hall–Kier alpha value is -2.89. The highest BCUT2D eigenvalue weighted by molar-refractivity contribution is 6.04. The molecule has 6 nitrogen and oxygen atoms in total. The molecular weight excluding hydrogens is 354 g/mol. The van der Waals surface area contributed by atoms with Crippen LogP contribution in [0.4, 0.5) is 11.4 Å². The lowest BCUT2D eigenvalue weighted by Gasteiger charge is -2.17. The van der Waals surface area contributed by atoms with Crippen molar-refractivity contribution >= 4 is 23.3 Å². The van der Waals surface area contributed by atoms with E-state index in [9.17, 15) is 9.59 Å². The van der Waals surface area contributed by atoms with E-state index in [0.29, 0.717) is 29.5 Å². The summed E-state index contributed by atoms with van der Waals surface area (Å²) in [5, 5.41) is 6.36. The molecular formula is C22H27N3O3. The number of ether oxygens (including phenoxy) is 1. The summed E-state index contributed by atoms with van der Waals surface area (Å²) >= 11 is 0. The minimum Gasteiger partial charge on any atom is -0.462 e. The Bertz CT molecular complexity index is 797. The molecule has 1 aromatic heterocycles. The second kappa shape index (κ2) is 9.88. The van der Waals surface area contributed by atoms with E-state index in [2.05, 4.69) is 15.6 Å². The van der Waals surface area contributed by atoms with Crippen LogP contribution < -0.4 is 10.6 Å². The molecule has 1 aromatic carbocycles. The van der Waals surface area contributed by atoms with E-state index >= 15 is 0 Å². The summed E-state index contributed by atoms with van der Waals surface area (Å²) in [7, 11) is 0. The van der Waals surface area contributed by atoms with Crippen molar-refractivity contribution in [3.8, 4) is 0 Å². The van der Waals surface area contributed by atoms with Gasteiger partial charge in [0.25, 0.3) is 5.91 Å². The van der Waals surface area contributed by atoms with Gasteiger partial charge in [0.1, 0.15) is 0 Å². The van der Waals surface area contributed by atoms with Crippen LogP contribution in [0.2, 0.25) is 0 Å². The van der Waals surface area contributed by atoms with Crippen molar-refractivity contribution in [2.45, 2.75) is 51.5 Å². The van der Waals surface area contributed by atoms with Crippen molar-refractivity contribution in [1.29, 1.82) is 0 Å². The maximum Gasteiger partial charge on any atom is 0.338 e. The van der Waals surface area contributed by atoms with Crippen LogP contribution in [0.25, 0.3) is 0 Å². The summed E-state index contributed by atoms with van der Waals surface area (Å²) in [4.78, 5) is 28.5. The summed E-state index contributed by atoms with van der Waals surface area (Å²) in [6.45, 7) is 2.09. The second-order valence-corrected chi connectivity index (χ2v) is 7.05. The fraction of sp³-hybridized carbons (Fsp3) is 0.409. The van der Waals surface area contributed by atoms with Crippen LogP contribution in [0, 0.1) is 0 Å². The molecule has 1 heterocycles. The maximum absolute atomic E-state index is 12.6. The van der Waals surface area contributed by atoms with Gasteiger partial charge in [-0.05, 0) is 50.1 Å². The van der Waals surface area contributed by atoms with Gasteiger partial charge in [0.2, 0.25) is 0 Å². The van der Waals surface area contributed by atoms with E-state index in [1.807, 2.05) is 6.07 Å². The van der Waals surface area contributed by atoms with Gasteiger partial charge in [-0.2, -0.15) is 0 Å². The first kappa shape index (κ1) is 19.9. The van der Waals surface area contributed by atoms with Gasteiger partial charge in [0, 0.05) is 24.1 Å². The highest BCUT2D eigenvalue weighted by atomic mass is 16.5. The number of carbonyl (C=O) groups is 2. The summed E-state index contributed by atoms with van der Waals surface area (Å²) in [5.74, 6) is -0.609. The van der Waals surface area contributed by atoms with E-state index < -0.39 is 0 Å². The van der Waals surface area contributed by atoms with Crippen molar-refractivity contribution < 1.29 is 14.3 Å². The van der Waals surface area contributed by atoms with Crippen LogP contribution in [0.3, 0.4) is 0 Å². The largest absolute Gasteiger partial charge is 0.462 e. The fourth-order valence-electron chi connectivity index (χ4n) is 3.41. The van der Waals surface area contributed by atoms with Crippen molar-refractivity contribution in [3.05, 3.63) is 53.9 Å². The zero-order chi connectivity index (χ0) is 19.8. The van der Waals surface area contributed by atoms with Gasteiger partial charge in [-0.1, -0.05) is 25.7 Å². The Morgan fingerprint density at radius 2 is 1.71 bits per heavy atom. The van der Waals surface area contributed by atoms with Gasteiger partial charge in [-0.25, -0.2) is 4.79 Å². The normalized spacial score (nSPS) is 14.8. The average Bonchev–Trinajstić information content (AvgIpc) is 2.97. The van der Waals surface area contributed by atoms with Gasteiger partial charge in [0.05, 0.1) is 23.4 Å². The summed E-state index contributed by atoms with van der Waals surface area (Å²) < 4.78 is 4.96. The molecule has 1 saturated carbocycles. The molecule has 1 aliphatic carbocycles. The third-order valence-corrected chi connectivity index (χ3v) is 4.88. The molecule has 0 saturated heterocycles. The standard InChI is InChI=1S/C22H27N3O3/c1-2-28-22(27)16-9-11-19(12-10-16)25-21(26)17-13-20(15-23-14-17)24-18-7-5-3-4-6-8-18/h9-15,18,24H,2-8H2,1H3,(H,25,26). The van der Waals surface area contributed by atoms with Crippen molar-refractivity contribution in [3.63, 3.8) is 0 Å². The number of pyridine rings is 1. The summed E-state index contributed by atoms with van der Waals surface area (Å²) in [6, 6.07) is 8.92. The van der Waals surface area contributed by atoms with Gasteiger partial charge in [-0.15, -0.1) is 0 Å². The Labute approximate surface area is 165 Å². The number of anilines is 2. The van der Waals surface area contributed by atoms with Crippen LogP contribution in [-0.2, 0) is 4.74 Å². The lowest BCUT2D eigenvalue weighted by atomic mass is 10.1. The van der Waals surface area contributed by atoms with E-state index in [1.54, 1.807) is 43.6 Å². The molecule has 0 atom stereocenters. The minimum absolute atomic E-state index is 0.235. The van der Waals surface area contributed by atoms with Crippen LogP contribution in [-0.4, -0.2) is 29.5 Å². The van der Waals surface area contributed by atoms with Crippen LogP contribution in [0.1, 0.15) is 66.2 Å². The zero-order valence-electron chi connectivity index (χ0n) is 16.2. The number of carbonyl (C=O) groups excluding carboxylic acids is 2. The average molecular weight is 381 g/mol. The summed E-state index contributed by atoms with van der Waals surface area (Å²) in [5.41, 5.74) is 2.43. The fourth-order valence-corrected chi connectivity index (χ4v) is 3.41. The Morgan fingerprint density at radius 3 is 2.39 bits per heavy atom. The number of esters is 1. The van der Waals surface area contributed by atoms with E-state index in [4.69, 9.17) is 4.74 Å². The highest BCUT2D eigenvalue weighted by Gasteiger charge is 2.14. The monoisotopic (exact) mass is 381 g/mol. The Kier molecular flexibility index (Phi) is 7.00. The molecule has 1 aliphatic rings. The number of amides is 1. The molecule has 1 amide bonds.